The van der Waals surface area contributed by atoms with Crippen molar-refractivity contribution in [2.45, 2.75) is 29.1 Å². The zero-order valence-corrected chi connectivity index (χ0v) is 12.7. The normalized spacial score (nSPS) is 13.6. The number of nitrogens with two attached hydrogens (primary N) is 1. The van der Waals surface area contributed by atoms with Crippen molar-refractivity contribution in [2.75, 3.05) is 5.73 Å². The van der Waals surface area contributed by atoms with Gasteiger partial charge in [0.05, 0.1) is 4.47 Å². The van der Waals surface area contributed by atoms with Crippen LogP contribution in [0.1, 0.15) is 17.5 Å². The van der Waals surface area contributed by atoms with Gasteiger partial charge in [-0.2, -0.15) is 0 Å². The Morgan fingerprint density at radius 2 is 1.89 bits per heavy atom. The number of hydrogen-bond acceptors (Lipinski definition) is 2. The van der Waals surface area contributed by atoms with Gasteiger partial charge in [0, 0.05) is 15.5 Å². The number of anilines is 1. The fourth-order valence-electron chi connectivity index (χ4n) is 2.37. The van der Waals surface area contributed by atoms with Crippen molar-refractivity contribution in [1.29, 1.82) is 0 Å². The van der Waals surface area contributed by atoms with Crippen LogP contribution in [0, 0.1) is 5.82 Å². The van der Waals surface area contributed by atoms with Crippen LogP contribution in [0.25, 0.3) is 0 Å². The van der Waals surface area contributed by atoms with Crippen LogP contribution >= 0.6 is 27.7 Å². The molecule has 0 radical (unpaired) electrons. The van der Waals surface area contributed by atoms with Gasteiger partial charge in [-0.25, -0.2) is 4.39 Å². The van der Waals surface area contributed by atoms with E-state index in [-0.39, 0.29) is 5.82 Å². The van der Waals surface area contributed by atoms with Crippen LogP contribution in [0.4, 0.5) is 10.1 Å². The molecule has 0 bridgehead atoms. The van der Waals surface area contributed by atoms with Crippen molar-refractivity contribution in [2.24, 2.45) is 0 Å². The van der Waals surface area contributed by atoms with Gasteiger partial charge in [0.15, 0.2) is 0 Å². The zero-order chi connectivity index (χ0) is 13.4. The van der Waals surface area contributed by atoms with E-state index >= 15 is 0 Å². The van der Waals surface area contributed by atoms with Gasteiger partial charge < -0.3 is 5.73 Å². The fourth-order valence-corrected chi connectivity index (χ4v) is 3.66. The van der Waals surface area contributed by atoms with Crippen LogP contribution in [-0.4, -0.2) is 0 Å². The van der Waals surface area contributed by atoms with E-state index in [1.807, 2.05) is 0 Å². The SMILES string of the molecule is Nc1cc(Br)c(F)cc1Sc1ccc2c(c1)CCC2. The number of benzene rings is 2. The monoisotopic (exact) mass is 337 g/mol. The Balaban J connectivity index is 1.91. The molecule has 0 amide bonds. The van der Waals surface area contributed by atoms with Crippen LogP contribution < -0.4 is 5.73 Å². The Hall–Kier alpha value is -1.00. The summed E-state index contributed by atoms with van der Waals surface area (Å²) in [6, 6.07) is 9.57. The Morgan fingerprint density at radius 3 is 2.74 bits per heavy atom. The van der Waals surface area contributed by atoms with Crippen molar-refractivity contribution in [3.05, 3.63) is 51.7 Å². The molecule has 3 rings (SSSR count). The topological polar surface area (TPSA) is 26.0 Å². The molecule has 1 aliphatic carbocycles. The van der Waals surface area contributed by atoms with Gasteiger partial charge in [-0.1, -0.05) is 17.8 Å². The molecule has 0 atom stereocenters. The Kier molecular flexibility index (Phi) is 3.54. The highest BCUT2D eigenvalue weighted by atomic mass is 79.9. The van der Waals surface area contributed by atoms with E-state index in [1.54, 1.807) is 6.07 Å². The van der Waals surface area contributed by atoms with Gasteiger partial charge in [0.1, 0.15) is 5.82 Å². The summed E-state index contributed by atoms with van der Waals surface area (Å²) in [7, 11) is 0. The lowest BCUT2D eigenvalue weighted by Gasteiger charge is -2.08. The molecule has 0 fully saturated rings. The van der Waals surface area contributed by atoms with Crippen LogP contribution in [0.2, 0.25) is 0 Å². The van der Waals surface area contributed by atoms with Crippen LogP contribution in [-0.2, 0) is 12.8 Å². The molecule has 2 aromatic carbocycles. The molecule has 98 valence electrons. The molecule has 0 spiro atoms. The minimum absolute atomic E-state index is 0.280. The first-order valence-corrected chi connectivity index (χ1v) is 7.78. The predicted octanol–water partition coefficient (Wildman–Crippen LogP) is 4.81. The quantitative estimate of drug-likeness (QED) is 0.795. The standard InChI is InChI=1S/C15H13BrFNS/c16-12-7-14(18)15(8-13(12)17)19-11-5-4-9-2-1-3-10(9)6-11/h4-8H,1-3,18H2. The van der Waals surface area contributed by atoms with Gasteiger partial charge in [-0.15, -0.1) is 0 Å². The maximum atomic E-state index is 13.6. The summed E-state index contributed by atoms with van der Waals surface area (Å²) in [5.41, 5.74) is 9.39. The molecule has 0 aromatic heterocycles. The lowest BCUT2D eigenvalue weighted by Crippen LogP contribution is -1.91. The molecule has 1 aliphatic rings. The second-order valence-corrected chi connectivity index (χ2v) is 6.66. The molecule has 0 aliphatic heterocycles. The molecular formula is C15H13BrFNS. The van der Waals surface area contributed by atoms with E-state index in [0.29, 0.717) is 10.2 Å². The Morgan fingerprint density at radius 1 is 1.11 bits per heavy atom. The third-order valence-electron chi connectivity index (χ3n) is 3.35. The van der Waals surface area contributed by atoms with Crippen molar-refractivity contribution in [3.8, 4) is 0 Å². The summed E-state index contributed by atoms with van der Waals surface area (Å²) in [4.78, 5) is 1.88. The number of aryl methyl sites for hydroxylation is 2. The van der Waals surface area contributed by atoms with E-state index in [2.05, 4.69) is 34.1 Å². The van der Waals surface area contributed by atoms with Crippen molar-refractivity contribution < 1.29 is 4.39 Å². The Labute approximate surface area is 124 Å². The molecule has 0 saturated heterocycles. The molecule has 0 unspecified atom stereocenters. The van der Waals surface area contributed by atoms with E-state index < -0.39 is 0 Å². The first kappa shape index (κ1) is 13.0. The van der Waals surface area contributed by atoms with E-state index in [1.165, 1.54) is 41.8 Å². The van der Waals surface area contributed by atoms with Crippen LogP contribution in [0.5, 0.6) is 0 Å². The molecule has 2 N–H and O–H groups in total. The highest BCUT2D eigenvalue weighted by Crippen LogP contribution is 2.36. The first-order chi connectivity index (χ1) is 9.13. The second-order valence-electron chi connectivity index (χ2n) is 4.69. The van der Waals surface area contributed by atoms with E-state index in [9.17, 15) is 4.39 Å². The molecule has 1 nitrogen and oxygen atoms in total. The summed E-state index contributed by atoms with van der Waals surface area (Å²) in [6.45, 7) is 0. The lowest BCUT2D eigenvalue weighted by molar-refractivity contribution is 0.618. The minimum atomic E-state index is -0.280. The number of hydrogen-bond donors (Lipinski definition) is 1. The largest absolute Gasteiger partial charge is 0.398 e. The summed E-state index contributed by atoms with van der Waals surface area (Å²) >= 11 is 4.66. The predicted molar refractivity (Wildman–Crippen MR) is 81.1 cm³/mol. The Bertz CT molecular complexity index is 642. The smallest absolute Gasteiger partial charge is 0.138 e. The average Bonchev–Trinajstić information content (AvgIpc) is 2.83. The molecule has 2 aromatic rings. The first-order valence-electron chi connectivity index (χ1n) is 6.17. The third-order valence-corrected chi connectivity index (χ3v) is 5.02. The van der Waals surface area contributed by atoms with Gasteiger partial charge in [0.2, 0.25) is 0 Å². The summed E-state index contributed by atoms with van der Waals surface area (Å²) in [5, 5.41) is 0. The highest BCUT2D eigenvalue weighted by Gasteiger charge is 2.12. The number of rotatable bonds is 2. The third kappa shape index (κ3) is 2.65. The second kappa shape index (κ2) is 5.17. The number of halogens is 2. The zero-order valence-electron chi connectivity index (χ0n) is 10.2. The van der Waals surface area contributed by atoms with Gasteiger partial charge in [0.25, 0.3) is 0 Å². The van der Waals surface area contributed by atoms with Crippen molar-refractivity contribution >= 4 is 33.4 Å². The minimum Gasteiger partial charge on any atom is -0.398 e. The highest BCUT2D eigenvalue weighted by molar-refractivity contribution is 9.10. The van der Waals surface area contributed by atoms with E-state index in [4.69, 9.17) is 5.73 Å². The molecule has 4 heteroatoms. The number of fused-ring (bicyclic) bond motifs is 1. The van der Waals surface area contributed by atoms with Crippen molar-refractivity contribution in [1.82, 2.24) is 0 Å². The number of nitrogen functional groups attached to an aromatic ring is 1. The van der Waals surface area contributed by atoms with Crippen LogP contribution in [0.15, 0.2) is 44.6 Å². The molecule has 19 heavy (non-hydrogen) atoms. The van der Waals surface area contributed by atoms with Gasteiger partial charge >= 0.3 is 0 Å². The fraction of sp³-hybridized carbons (Fsp3) is 0.200. The molecular weight excluding hydrogens is 325 g/mol. The maximum Gasteiger partial charge on any atom is 0.138 e. The lowest BCUT2D eigenvalue weighted by atomic mass is 10.1. The van der Waals surface area contributed by atoms with Gasteiger partial charge in [-0.3, -0.25) is 0 Å². The maximum absolute atomic E-state index is 13.6. The van der Waals surface area contributed by atoms with Crippen LogP contribution in [0.3, 0.4) is 0 Å². The molecule has 0 heterocycles. The molecule has 0 saturated carbocycles. The van der Waals surface area contributed by atoms with Crippen molar-refractivity contribution in [3.63, 3.8) is 0 Å². The summed E-state index contributed by atoms with van der Waals surface area (Å²) < 4.78 is 14.0. The average molecular weight is 338 g/mol. The van der Waals surface area contributed by atoms with Gasteiger partial charge in [-0.05, 0) is 70.6 Å². The summed E-state index contributed by atoms with van der Waals surface area (Å²) in [6.07, 6.45) is 3.56. The van der Waals surface area contributed by atoms with E-state index in [0.717, 1.165) is 16.2 Å². The summed E-state index contributed by atoms with van der Waals surface area (Å²) in [5.74, 6) is -0.280.